The van der Waals surface area contributed by atoms with Crippen LogP contribution in [0.5, 0.6) is 0 Å². The number of allylic oxidation sites excluding steroid dienone is 2. The van der Waals surface area contributed by atoms with Gasteiger partial charge in [-0.2, -0.15) is 0 Å². The highest BCUT2D eigenvalue weighted by Gasteiger charge is 2.57. The van der Waals surface area contributed by atoms with E-state index < -0.39 is 91.0 Å². The van der Waals surface area contributed by atoms with Crippen molar-refractivity contribution in [3.8, 4) is 0 Å². The summed E-state index contributed by atoms with van der Waals surface area (Å²) in [7, 11) is 0. The van der Waals surface area contributed by atoms with Gasteiger partial charge in [0.25, 0.3) is 0 Å². The number of piperidine rings is 1. The maximum atomic E-state index is 14.1. The van der Waals surface area contributed by atoms with Gasteiger partial charge in [-0.3, -0.25) is 4.99 Å². The summed E-state index contributed by atoms with van der Waals surface area (Å²) in [6, 6.07) is -0.801. The van der Waals surface area contributed by atoms with E-state index in [0.717, 1.165) is 68.3 Å². The highest BCUT2D eigenvalue weighted by Crippen LogP contribution is 2.41. The molecule has 2 aliphatic carbocycles. The van der Waals surface area contributed by atoms with E-state index in [4.69, 9.17) is 29.4 Å². The SMILES string of the molecule is CC(C)OC1C(OC2OC=C(C(=O)OC3CCCC3)C(C=CC3C[NH+](CCO)CC(C(=O)[O-])C3NC(N)=NCCCO)C2C=C2CCCCC2)OC(CO)C(O)C1(O)O. The van der Waals surface area contributed by atoms with Crippen LogP contribution in [0.1, 0.15) is 78.1 Å². The number of aliphatic hydroxyl groups excluding tert-OH is 4. The fraction of sp³-hybridized carbons (Fsp3) is 0.780. The Kier molecular flexibility index (Phi) is 17.5. The van der Waals surface area contributed by atoms with Crippen molar-refractivity contribution in [2.75, 3.05) is 46.0 Å². The number of carboxylic acid groups (broad SMARTS) is 1. The number of nitrogens with two attached hydrogens (primary N) is 1. The molecule has 18 heteroatoms. The zero-order valence-electron chi connectivity index (χ0n) is 34.2. The van der Waals surface area contributed by atoms with Gasteiger partial charge in [0.1, 0.15) is 24.9 Å². The number of nitrogens with one attached hydrogen (secondary N) is 2. The lowest BCUT2D eigenvalue weighted by molar-refractivity contribution is -0.911. The Labute approximate surface area is 345 Å². The molecule has 0 aromatic carbocycles. The van der Waals surface area contributed by atoms with Crippen molar-refractivity contribution in [3.63, 3.8) is 0 Å². The predicted molar refractivity (Wildman–Crippen MR) is 208 cm³/mol. The highest BCUT2D eigenvalue weighted by molar-refractivity contribution is 5.89. The van der Waals surface area contributed by atoms with Crippen LogP contribution in [0, 0.1) is 23.7 Å². The van der Waals surface area contributed by atoms with E-state index in [2.05, 4.69) is 10.3 Å². The number of carbonyl (C=O) groups is 2. The van der Waals surface area contributed by atoms with E-state index in [1.165, 1.54) is 6.26 Å². The number of rotatable bonds is 17. The van der Waals surface area contributed by atoms with Gasteiger partial charge in [-0.05, 0) is 71.6 Å². The molecule has 59 heavy (non-hydrogen) atoms. The number of ether oxygens (including phenoxy) is 5. The molecule has 4 fully saturated rings. The van der Waals surface area contributed by atoms with Gasteiger partial charge in [-0.15, -0.1) is 0 Å². The van der Waals surface area contributed by atoms with Gasteiger partial charge in [-0.1, -0.05) is 30.2 Å². The van der Waals surface area contributed by atoms with E-state index >= 15 is 0 Å². The summed E-state index contributed by atoms with van der Waals surface area (Å²) in [5.41, 5.74) is 7.53. The molecule has 11 atom stereocenters. The number of nitrogens with zero attached hydrogens (tertiary/aromatic N) is 1. The van der Waals surface area contributed by atoms with Gasteiger partial charge >= 0.3 is 5.97 Å². The van der Waals surface area contributed by atoms with Gasteiger partial charge in [-0.25, -0.2) is 4.79 Å². The van der Waals surface area contributed by atoms with Crippen LogP contribution >= 0.6 is 0 Å². The molecule has 10 N–H and O–H groups in total. The van der Waals surface area contributed by atoms with Gasteiger partial charge in [0.2, 0.25) is 12.1 Å². The molecule has 0 radical (unpaired) electrons. The normalized spacial score (nSPS) is 34.4. The van der Waals surface area contributed by atoms with E-state index in [1.54, 1.807) is 13.8 Å². The summed E-state index contributed by atoms with van der Waals surface area (Å²) in [5, 5.41) is 77.9. The molecule has 0 aromatic rings. The molecule has 2 saturated carbocycles. The quantitative estimate of drug-likeness (QED) is 0.0183. The van der Waals surface area contributed by atoms with Crippen LogP contribution < -0.4 is 21.1 Å². The summed E-state index contributed by atoms with van der Waals surface area (Å²) in [4.78, 5) is 31.9. The molecular weight excluding hydrogens is 772 g/mol. The standard InChI is InChI=1S/C41H66N4O14/c1-24(2)56-35-39(58-32(22-48)34(49)41(35,53)54)59-38-29(19-25-9-4-3-5-10-25)28(31(23-55-38)37(52)57-27-11-6-7-12-27)14-13-26-20-45(16-18-47)21-30(36(50)51)33(26)44-40(42)43-15-8-17-46/h13-14,19,23-24,26-30,32-35,38-39,46-49,53-54H,3-12,15-18,20-22H2,1-2H3,(H,50,51)(H3,42,43,44). The number of guanidine groups is 1. The first-order chi connectivity index (χ1) is 28.3. The molecule has 5 rings (SSSR count). The van der Waals surface area contributed by atoms with Crippen molar-refractivity contribution in [2.24, 2.45) is 34.4 Å². The second-order valence-electron chi connectivity index (χ2n) is 16.7. The Bertz CT molecular complexity index is 1490. The Hall–Kier alpha value is -3.17. The fourth-order valence-corrected chi connectivity index (χ4v) is 8.89. The van der Waals surface area contributed by atoms with Crippen molar-refractivity contribution in [2.45, 2.75) is 133 Å². The van der Waals surface area contributed by atoms with Crippen LogP contribution in [0.25, 0.3) is 0 Å². The largest absolute Gasteiger partial charge is 0.550 e. The number of quaternary nitrogens is 1. The Morgan fingerprint density at radius 3 is 2.44 bits per heavy atom. The summed E-state index contributed by atoms with van der Waals surface area (Å²) in [6.07, 6.45) is 6.40. The van der Waals surface area contributed by atoms with Crippen LogP contribution in [0.2, 0.25) is 0 Å². The van der Waals surface area contributed by atoms with Crippen LogP contribution in [-0.2, 0) is 33.3 Å². The number of carbonyl (C=O) groups excluding carboxylic acids is 2. The first-order valence-corrected chi connectivity index (χ1v) is 21.2. The zero-order chi connectivity index (χ0) is 42.7. The highest BCUT2D eigenvalue weighted by atomic mass is 16.8. The zero-order valence-corrected chi connectivity index (χ0v) is 34.2. The second kappa shape index (κ2) is 22.1. The summed E-state index contributed by atoms with van der Waals surface area (Å²) in [6.45, 7) is 3.31. The molecule has 0 spiro atoms. The molecule has 0 aromatic heterocycles. The number of aliphatic hydroxyl groups is 6. The smallest absolute Gasteiger partial charge is 0.338 e. The minimum Gasteiger partial charge on any atom is -0.550 e. The first kappa shape index (κ1) is 46.9. The maximum absolute atomic E-state index is 14.1. The lowest BCUT2D eigenvalue weighted by Crippen LogP contribution is -3.16. The summed E-state index contributed by atoms with van der Waals surface area (Å²) < 4.78 is 30.5. The third-order valence-electron chi connectivity index (χ3n) is 12.0. The van der Waals surface area contributed by atoms with E-state index in [1.807, 2.05) is 18.2 Å². The van der Waals surface area contributed by atoms with Gasteiger partial charge in [0, 0.05) is 25.0 Å². The number of hydrogen-bond donors (Lipinski definition) is 9. The number of hydrogen-bond acceptors (Lipinski definition) is 15. The molecule has 5 aliphatic rings. The lowest BCUT2D eigenvalue weighted by atomic mass is 9.78. The maximum Gasteiger partial charge on any atom is 0.338 e. The van der Waals surface area contributed by atoms with Crippen molar-refractivity contribution < 1.29 is 73.9 Å². The molecule has 3 heterocycles. The van der Waals surface area contributed by atoms with Crippen molar-refractivity contribution in [3.05, 3.63) is 35.6 Å². The number of esters is 1. The van der Waals surface area contributed by atoms with Crippen LogP contribution in [0.3, 0.4) is 0 Å². The molecular formula is C41H66N4O14. The van der Waals surface area contributed by atoms with E-state index in [0.29, 0.717) is 13.0 Å². The summed E-state index contributed by atoms with van der Waals surface area (Å²) >= 11 is 0. The topological polar surface area (TPSA) is 280 Å². The van der Waals surface area contributed by atoms with Crippen LogP contribution in [0.4, 0.5) is 0 Å². The molecule has 334 valence electrons. The first-order valence-electron chi connectivity index (χ1n) is 21.2. The minimum absolute atomic E-state index is 0.000305. The lowest BCUT2D eigenvalue weighted by Gasteiger charge is -2.48. The van der Waals surface area contributed by atoms with E-state index in [9.17, 15) is 45.3 Å². The molecule has 2 saturated heterocycles. The molecule has 3 aliphatic heterocycles. The number of likely N-dealkylation sites (tertiary alicyclic amines) is 1. The van der Waals surface area contributed by atoms with Gasteiger partial charge < -0.3 is 80.2 Å². The molecule has 0 bridgehead atoms. The average molecular weight is 839 g/mol. The molecule has 11 unspecified atom stereocenters. The average Bonchev–Trinajstić information content (AvgIpc) is 3.71. The van der Waals surface area contributed by atoms with Crippen LogP contribution in [-0.4, -0.2) is 149 Å². The number of carboxylic acids is 1. The summed E-state index contributed by atoms with van der Waals surface area (Å²) in [5.74, 6) is -7.94. The molecule has 0 amide bonds. The van der Waals surface area contributed by atoms with Crippen molar-refractivity contribution in [1.82, 2.24) is 5.32 Å². The van der Waals surface area contributed by atoms with E-state index in [-0.39, 0.29) is 50.5 Å². The number of aliphatic imine (C=N–C) groups is 1. The molecule has 18 nitrogen and oxygen atoms in total. The fourth-order valence-electron chi connectivity index (χ4n) is 8.89. The Balaban J connectivity index is 1.58. The van der Waals surface area contributed by atoms with Gasteiger partial charge in [0.15, 0.2) is 18.4 Å². The third kappa shape index (κ3) is 12.2. The van der Waals surface area contributed by atoms with Gasteiger partial charge in [0.05, 0.1) is 68.1 Å². The monoisotopic (exact) mass is 838 g/mol. The van der Waals surface area contributed by atoms with Crippen molar-refractivity contribution >= 4 is 17.9 Å². The Morgan fingerprint density at radius 2 is 1.80 bits per heavy atom. The number of aliphatic carboxylic acids is 1. The second-order valence-corrected chi connectivity index (χ2v) is 16.7. The third-order valence-corrected chi connectivity index (χ3v) is 12.0. The Morgan fingerprint density at radius 1 is 1.07 bits per heavy atom. The van der Waals surface area contributed by atoms with Crippen molar-refractivity contribution in [1.29, 1.82) is 0 Å². The minimum atomic E-state index is -2.90. The predicted octanol–water partition coefficient (Wildman–Crippen LogP) is -2.51. The van der Waals surface area contributed by atoms with Crippen LogP contribution in [0.15, 0.2) is 40.6 Å².